The Morgan fingerprint density at radius 3 is 2.75 bits per heavy atom. The lowest BCUT2D eigenvalue weighted by molar-refractivity contribution is 0.664. The van der Waals surface area contributed by atoms with Crippen LogP contribution in [0.5, 0.6) is 0 Å². The van der Waals surface area contributed by atoms with Crippen LogP contribution in [0, 0.1) is 13.8 Å². The van der Waals surface area contributed by atoms with Gasteiger partial charge in [-0.25, -0.2) is 0 Å². The van der Waals surface area contributed by atoms with Gasteiger partial charge in [-0.2, -0.15) is 0 Å². The number of hydrogen-bond donors (Lipinski definition) is 1. The summed E-state index contributed by atoms with van der Waals surface area (Å²) in [5, 5.41) is 8.45. The second kappa shape index (κ2) is 4.93. The minimum atomic E-state index is 0.784. The van der Waals surface area contributed by atoms with Crippen LogP contribution in [0.15, 0.2) is 0 Å². The van der Waals surface area contributed by atoms with Gasteiger partial charge in [0.05, 0.1) is 0 Å². The highest BCUT2D eigenvalue weighted by atomic mass is 32.1. The summed E-state index contributed by atoms with van der Waals surface area (Å²) in [7, 11) is 0. The maximum absolute atomic E-state index is 5.47. The van der Waals surface area contributed by atoms with E-state index in [1.807, 2.05) is 0 Å². The van der Waals surface area contributed by atoms with Gasteiger partial charge in [0.15, 0.2) is 0 Å². The first-order valence-corrected chi connectivity index (χ1v) is 6.55. The van der Waals surface area contributed by atoms with Crippen molar-refractivity contribution in [2.75, 3.05) is 6.54 Å². The van der Waals surface area contributed by atoms with Crippen molar-refractivity contribution in [1.29, 1.82) is 0 Å². The number of aromatic nitrogens is 3. The Morgan fingerprint density at radius 1 is 1.19 bits per heavy atom. The van der Waals surface area contributed by atoms with E-state index in [9.17, 15) is 0 Å². The molecule has 2 heterocycles. The summed E-state index contributed by atoms with van der Waals surface area (Å²) in [4.78, 5) is 2.34. The van der Waals surface area contributed by atoms with Gasteiger partial charge in [0.25, 0.3) is 0 Å². The molecule has 0 fully saturated rings. The number of unbranched alkanes of at least 4 members (excludes halogenated alkanes) is 2. The van der Waals surface area contributed by atoms with Crippen LogP contribution in [0.3, 0.4) is 0 Å². The van der Waals surface area contributed by atoms with Crippen molar-refractivity contribution >= 4 is 16.3 Å². The molecule has 2 aromatic rings. The Labute approximate surface area is 99.5 Å². The molecule has 88 valence electrons. The quantitative estimate of drug-likeness (QED) is 0.811. The first-order chi connectivity index (χ1) is 7.74. The fraction of sp³-hybridized carbons (Fsp3) is 0.636. The summed E-state index contributed by atoms with van der Waals surface area (Å²) in [5.41, 5.74) is 6.75. The molecule has 0 bridgehead atoms. The summed E-state index contributed by atoms with van der Waals surface area (Å²) >= 11 is 1.71. The lowest BCUT2D eigenvalue weighted by Crippen LogP contribution is -2.00. The topological polar surface area (TPSA) is 56.2 Å². The molecule has 0 amide bonds. The summed E-state index contributed by atoms with van der Waals surface area (Å²) in [6.45, 7) is 5.05. The van der Waals surface area contributed by atoms with Crippen LogP contribution in [-0.4, -0.2) is 21.1 Å². The minimum absolute atomic E-state index is 0.784. The fourth-order valence-electron chi connectivity index (χ4n) is 1.84. The zero-order valence-electron chi connectivity index (χ0n) is 9.86. The molecular formula is C11H18N4S. The molecule has 0 radical (unpaired) electrons. The Bertz CT molecular complexity index is 471. The number of nitrogens with two attached hydrogens (primary N) is 1. The van der Waals surface area contributed by atoms with E-state index in [0.717, 1.165) is 36.6 Å². The van der Waals surface area contributed by atoms with Crippen molar-refractivity contribution in [1.82, 2.24) is 14.6 Å². The van der Waals surface area contributed by atoms with Crippen LogP contribution in [0.4, 0.5) is 0 Å². The summed E-state index contributed by atoms with van der Waals surface area (Å²) in [5.74, 6) is 1.09. The molecule has 5 heteroatoms. The first kappa shape index (κ1) is 11.5. The third-order valence-corrected chi connectivity index (χ3v) is 3.94. The third-order valence-electron chi connectivity index (χ3n) is 2.89. The van der Waals surface area contributed by atoms with Crippen molar-refractivity contribution in [2.24, 2.45) is 5.73 Å². The lowest BCUT2D eigenvalue weighted by atomic mass is 10.2. The lowest BCUT2D eigenvalue weighted by Gasteiger charge is -1.99. The maximum Gasteiger partial charge on any atom is 0.216 e. The normalized spacial score (nSPS) is 11.4. The van der Waals surface area contributed by atoms with E-state index < -0.39 is 0 Å². The Kier molecular flexibility index (Phi) is 3.56. The average Bonchev–Trinajstić information content (AvgIpc) is 2.77. The smallest absolute Gasteiger partial charge is 0.216 e. The summed E-state index contributed by atoms with van der Waals surface area (Å²) < 4.78 is 2.18. The van der Waals surface area contributed by atoms with Crippen molar-refractivity contribution in [3.05, 3.63) is 16.4 Å². The molecule has 0 aromatic carbocycles. The Balaban J connectivity index is 2.12. The van der Waals surface area contributed by atoms with Crippen LogP contribution < -0.4 is 5.73 Å². The molecule has 2 rings (SSSR count). The summed E-state index contributed by atoms with van der Waals surface area (Å²) in [6.07, 6.45) is 4.42. The molecule has 0 atom stereocenters. The summed E-state index contributed by atoms with van der Waals surface area (Å²) in [6, 6.07) is 0. The van der Waals surface area contributed by atoms with Crippen LogP contribution in [-0.2, 0) is 6.42 Å². The van der Waals surface area contributed by atoms with Gasteiger partial charge in [0.2, 0.25) is 4.96 Å². The molecular weight excluding hydrogens is 220 g/mol. The highest BCUT2D eigenvalue weighted by molar-refractivity contribution is 7.17. The van der Waals surface area contributed by atoms with Gasteiger partial charge in [-0.15, -0.1) is 10.2 Å². The number of rotatable bonds is 5. The van der Waals surface area contributed by atoms with E-state index in [2.05, 4.69) is 28.4 Å². The fourth-order valence-corrected chi connectivity index (χ4v) is 2.77. The third kappa shape index (κ3) is 2.10. The average molecular weight is 238 g/mol. The highest BCUT2D eigenvalue weighted by Crippen LogP contribution is 2.22. The molecule has 2 aromatic heterocycles. The van der Waals surface area contributed by atoms with Gasteiger partial charge >= 0.3 is 0 Å². The van der Waals surface area contributed by atoms with Gasteiger partial charge in [-0.1, -0.05) is 17.8 Å². The molecule has 0 unspecified atom stereocenters. The largest absolute Gasteiger partial charge is 0.330 e. The Hall–Kier alpha value is -0.940. The van der Waals surface area contributed by atoms with Gasteiger partial charge in [0, 0.05) is 17.0 Å². The monoisotopic (exact) mass is 238 g/mol. The van der Waals surface area contributed by atoms with E-state index in [0.29, 0.717) is 0 Å². The van der Waals surface area contributed by atoms with Gasteiger partial charge < -0.3 is 5.73 Å². The molecule has 0 aliphatic rings. The number of aryl methyl sites for hydroxylation is 3. The van der Waals surface area contributed by atoms with Gasteiger partial charge in [-0.05, 0) is 33.2 Å². The predicted octanol–water partition coefficient (Wildman–Crippen LogP) is 2.08. The molecule has 4 nitrogen and oxygen atoms in total. The van der Waals surface area contributed by atoms with E-state index in [-0.39, 0.29) is 0 Å². The molecule has 2 N–H and O–H groups in total. The Morgan fingerprint density at radius 2 is 2.00 bits per heavy atom. The second-order valence-corrected chi connectivity index (χ2v) is 5.26. The molecule has 0 spiro atoms. The van der Waals surface area contributed by atoms with Crippen LogP contribution >= 0.6 is 11.3 Å². The van der Waals surface area contributed by atoms with E-state index >= 15 is 0 Å². The van der Waals surface area contributed by atoms with Gasteiger partial charge in [-0.3, -0.25) is 4.40 Å². The van der Waals surface area contributed by atoms with Crippen molar-refractivity contribution in [2.45, 2.75) is 39.5 Å². The van der Waals surface area contributed by atoms with E-state index in [1.54, 1.807) is 11.3 Å². The number of nitrogens with zero attached hydrogens (tertiary/aromatic N) is 3. The van der Waals surface area contributed by atoms with Gasteiger partial charge in [0.1, 0.15) is 5.82 Å². The minimum Gasteiger partial charge on any atom is -0.330 e. The van der Waals surface area contributed by atoms with Crippen LogP contribution in [0.1, 0.15) is 35.7 Å². The first-order valence-electron chi connectivity index (χ1n) is 5.74. The van der Waals surface area contributed by atoms with Crippen LogP contribution in [0.2, 0.25) is 0 Å². The van der Waals surface area contributed by atoms with Crippen LogP contribution in [0.25, 0.3) is 4.96 Å². The molecule has 16 heavy (non-hydrogen) atoms. The number of thiazole rings is 1. The highest BCUT2D eigenvalue weighted by Gasteiger charge is 2.11. The molecule has 0 saturated carbocycles. The van der Waals surface area contributed by atoms with Crippen molar-refractivity contribution in [3.63, 3.8) is 0 Å². The maximum atomic E-state index is 5.47. The number of hydrogen-bond acceptors (Lipinski definition) is 4. The second-order valence-electron chi connectivity index (χ2n) is 4.08. The van der Waals surface area contributed by atoms with Crippen molar-refractivity contribution < 1.29 is 0 Å². The molecule has 0 aliphatic heterocycles. The zero-order chi connectivity index (χ0) is 11.5. The number of fused-ring (bicyclic) bond motifs is 1. The van der Waals surface area contributed by atoms with Crippen molar-refractivity contribution in [3.8, 4) is 0 Å². The molecule has 0 saturated heterocycles. The predicted molar refractivity (Wildman–Crippen MR) is 66.9 cm³/mol. The van der Waals surface area contributed by atoms with E-state index in [4.69, 9.17) is 5.73 Å². The van der Waals surface area contributed by atoms with E-state index in [1.165, 1.54) is 17.0 Å². The SMILES string of the molecule is Cc1sc2nnc(CCCCCN)n2c1C. The zero-order valence-corrected chi connectivity index (χ0v) is 10.7. The standard InChI is InChI=1S/C11H18N4S/c1-8-9(2)16-11-14-13-10(15(8)11)6-4-3-5-7-12/h3-7,12H2,1-2H3. The molecule has 0 aliphatic carbocycles.